The first-order valence-corrected chi connectivity index (χ1v) is 5.84. The molecule has 0 amide bonds. The highest BCUT2D eigenvalue weighted by atomic mass is 16.7. The summed E-state index contributed by atoms with van der Waals surface area (Å²) in [5.41, 5.74) is 0. The molecule has 94 valence electrons. The molecule has 0 aromatic heterocycles. The zero-order valence-electron chi connectivity index (χ0n) is 9.94. The maximum Gasteiger partial charge on any atom is 0.321 e. The molecule has 0 aliphatic carbocycles. The lowest BCUT2D eigenvalue weighted by Crippen LogP contribution is -2.48. The SMILES string of the molecule is CCOC(C)OC[C@@H]1CCCNC1C(=O)O. The van der Waals surface area contributed by atoms with Crippen LogP contribution < -0.4 is 5.32 Å². The Morgan fingerprint density at radius 1 is 1.56 bits per heavy atom. The van der Waals surface area contributed by atoms with E-state index in [1.165, 1.54) is 0 Å². The Hall–Kier alpha value is -0.650. The van der Waals surface area contributed by atoms with Crippen molar-refractivity contribution in [3.8, 4) is 0 Å². The van der Waals surface area contributed by atoms with Gasteiger partial charge < -0.3 is 19.9 Å². The van der Waals surface area contributed by atoms with Gasteiger partial charge in [0.1, 0.15) is 6.04 Å². The van der Waals surface area contributed by atoms with Gasteiger partial charge in [0.05, 0.1) is 6.61 Å². The average molecular weight is 231 g/mol. The molecule has 3 atom stereocenters. The average Bonchev–Trinajstić information content (AvgIpc) is 2.27. The molecule has 5 heteroatoms. The molecular formula is C11H21NO4. The first-order chi connectivity index (χ1) is 7.65. The molecule has 0 saturated carbocycles. The summed E-state index contributed by atoms with van der Waals surface area (Å²) < 4.78 is 10.7. The lowest BCUT2D eigenvalue weighted by molar-refractivity contribution is -0.152. The third kappa shape index (κ3) is 4.08. The van der Waals surface area contributed by atoms with E-state index in [4.69, 9.17) is 14.6 Å². The predicted molar refractivity (Wildman–Crippen MR) is 59.2 cm³/mol. The molecule has 5 nitrogen and oxygen atoms in total. The molecule has 2 N–H and O–H groups in total. The number of carboxylic acids is 1. The Morgan fingerprint density at radius 3 is 2.94 bits per heavy atom. The van der Waals surface area contributed by atoms with Crippen molar-refractivity contribution in [2.24, 2.45) is 5.92 Å². The molecule has 1 saturated heterocycles. The predicted octanol–water partition coefficient (Wildman–Crippen LogP) is 0.838. The van der Waals surface area contributed by atoms with Crippen LogP contribution in [0.2, 0.25) is 0 Å². The van der Waals surface area contributed by atoms with Gasteiger partial charge in [0.25, 0.3) is 0 Å². The van der Waals surface area contributed by atoms with Crippen molar-refractivity contribution in [1.82, 2.24) is 5.32 Å². The van der Waals surface area contributed by atoms with Crippen molar-refractivity contribution < 1.29 is 19.4 Å². The number of hydrogen-bond acceptors (Lipinski definition) is 4. The summed E-state index contributed by atoms with van der Waals surface area (Å²) in [5, 5.41) is 12.0. The number of ether oxygens (including phenoxy) is 2. The van der Waals surface area contributed by atoms with Crippen molar-refractivity contribution in [2.45, 2.75) is 39.0 Å². The summed E-state index contributed by atoms with van der Waals surface area (Å²) in [4.78, 5) is 11.0. The first kappa shape index (κ1) is 13.4. The van der Waals surface area contributed by atoms with E-state index in [2.05, 4.69) is 5.32 Å². The van der Waals surface area contributed by atoms with Crippen LogP contribution in [0.3, 0.4) is 0 Å². The number of rotatable bonds is 6. The summed E-state index contributed by atoms with van der Waals surface area (Å²) >= 11 is 0. The third-order valence-electron chi connectivity index (χ3n) is 2.80. The Bertz CT molecular complexity index is 222. The van der Waals surface area contributed by atoms with Gasteiger partial charge in [-0.3, -0.25) is 4.79 Å². The number of carbonyl (C=O) groups is 1. The molecule has 1 fully saturated rings. The van der Waals surface area contributed by atoms with Crippen LogP contribution in [0.4, 0.5) is 0 Å². The molecule has 1 heterocycles. The number of carboxylic acid groups (broad SMARTS) is 1. The highest BCUT2D eigenvalue weighted by Crippen LogP contribution is 2.18. The molecule has 2 unspecified atom stereocenters. The third-order valence-corrected chi connectivity index (χ3v) is 2.80. The lowest BCUT2D eigenvalue weighted by atomic mass is 9.92. The van der Waals surface area contributed by atoms with Gasteiger partial charge in [-0.15, -0.1) is 0 Å². The van der Waals surface area contributed by atoms with Gasteiger partial charge in [0, 0.05) is 12.5 Å². The molecule has 1 aliphatic heterocycles. The number of hydrogen-bond donors (Lipinski definition) is 2. The minimum Gasteiger partial charge on any atom is -0.480 e. The van der Waals surface area contributed by atoms with Crippen LogP contribution in [0.1, 0.15) is 26.7 Å². The molecule has 0 spiro atoms. The quantitative estimate of drug-likeness (QED) is 0.663. The van der Waals surface area contributed by atoms with E-state index < -0.39 is 12.0 Å². The highest BCUT2D eigenvalue weighted by molar-refractivity contribution is 5.74. The van der Waals surface area contributed by atoms with Crippen molar-refractivity contribution in [2.75, 3.05) is 19.8 Å². The molecule has 0 bridgehead atoms. The molecule has 0 aromatic carbocycles. The smallest absolute Gasteiger partial charge is 0.321 e. The second-order valence-electron chi connectivity index (χ2n) is 4.03. The second-order valence-corrected chi connectivity index (χ2v) is 4.03. The topological polar surface area (TPSA) is 67.8 Å². The molecular weight excluding hydrogens is 210 g/mol. The van der Waals surface area contributed by atoms with Gasteiger partial charge in [0.15, 0.2) is 6.29 Å². The Kier molecular flexibility index (Phi) is 5.73. The highest BCUT2D eigenvalue weighted by Gasteiger charge is 2.30. The van der Waals surface area contributed by atoms with Gasteiger partial charge in [-0.05, 0) is 33.2 Å². The van der Waals surface area contributed by atoms with Crippen LogP contribution in [0.25, 0.3) is 0 Å². The fourth-order valence-electron chi connectivity index (χ4n) is 1.97. The Labute approximate surface area is 96.1 Å². The largest absolute Gasteiger partial charge is 0.480 e. The molecule has 0 radical (unpaired) electrons. The van der Waals surface area contributed by atoms with E-state index in [1.54, 1.807) is 0 Å². The molecule has 16 heavy (non-hydrogen) atoms. The fraction of sp³-hybridized carbons (Fsp3) is 0.909. The maximum absolute atomic E-state index is 11.0. The van der Waals surface area contributed by atoms with Crippen LogP contribution in [0.15, 0.2) is 0 Å². The van der Waals surface area contributed by atoms with Crippen molar-refractivity contribution in [3.63, 3.8) is 0 Å². The van der Waals surface area contributed by atoms with Gasteiger partial charge in [-0.1, -0.05) is 0 Å². The summed E-state index contributed by atoms with van der Waals surface area (Å²) in [5.74, 6) is -0.758. The second kappa shape index (κ2) is 6.83. The summed E-state index contributed by atoms with van der Waals surface area (Å²) in [7, 11) is 0. The zero-order valence-corrected chi connectivity index (χ0v) is 9.94. The minimum atomic E-state index is -0.794. The van der Waals surface area contributed by atoms with Crippen molar-refractivity contribution in [3.05, 3.63) is 0 Å². The normalized spacial score (nSPS) is 27.6. The van der Waals surface area contributed by atoms with Crippen molar-refractivity contribution >= 4 is 5.97 Å². The maximum atomic E-state index is 11.0. The number of nitrogens with one attached hydrogen (secondary N) is 1. The van der Waals surface area contributed by atoms with E-state index in [0.29, 0.717) is 13.2 Å². The summed E-state index contributed by atoms with van der Waals surface area (Å²) in [6, 6.07) is -0.484. The van der Waals surface area contributed by atoms with Gasteiger partial charge in [-0.2, -0.15) is 0 Å². The van der Waals surface area contributed by atoms with Crippen molar-refractivity contribution in [1.29, 1.82) is 0 Å². The number of aliphatic carboxylic acids is 1. The molecule has 0 aromatic rings. The molecule has 1 aliphatic rings. The van der Waals surface area contributed by atoms with Gasteiger partial charge in [-0.25, -0.2) is 0 Å². The van der Waals surface area contributed by atoms with Gasteiger partial charge >= 0.3 is 5.97 Å². The van der Waals surface area contributed by atoms with E-state index in [1.807, 2.05) is 13.8 Å². The Balaban J connectivity index is 2.35. The minimum absolute atomic E-state index is 0.0363. The van der Waals surface area contributed by atoms with E-state index >= 15 is 0 Å². The first-order valence-electron chi connectivity index (χ1n) is 5.84. The van der Waals surface area contributed by atoms with Crippen LogP contribution in [0.5, 0.6) is 0 Å². The summed E-state index contributed by atoms with van der Waals surface area (Å²) in [6.45, 7) is 5.55. The van der Waals surface area contributed by atoms with Crippen LogP contribution in [-0.4, -0.2) is 43.2 Å². The van der Waals surface area contributed by atoms with Crippen LogP contribution in [-0.2, 0) is 14.3 Å². The standard InChI is InChI=1S/C11H21NO4/c1-3-15-8(2)16-7-9-5-4-6-12-10(9)11(13)14/h8-10,12H,3-7H2,1-2H3,(H,13,14)/t8?,9-,10?/m0/s1. The fourth-order valence-corrected chi connectivity index (χ4v) is 1.97. The zero-order chi connectivity index (χ0) is 12.0. The number of piperidine rings is 1. The monoisotopic (exact) mass is 231 g/mol. The van der Waals surface area contributed by atoms with Crippen LogP contribution >= 0.6 is 0 Å². The van der Waals surface area contributed by atoms with E-state index in [0.717, 1.165) is 19.4 Å². The lowest BCUT2D eigenvalue weighted by Gasteiger charge is -2.30. The van der Waals surface area contributed by atoms with Crippen LogP contribution in [0, 0.1) is 5.92 Å². The molecule has 1 rings (SSSR count). The summed E-state index contributed by atoms with van der Waals surface area (Å²) in [6.07, 6.45) is 1.63. The van der Waals surface area contributed by atoms with Gasteiger partial charge in [0.2, 0.25) is 0 Å². The van der Waals surface area contributed by atoms with E-state index in [-0.39, 0.29) is 12.2 Å². The Morgan fingerprint density at radius 2 is 2.31 bits per heavy atom. The van der Waals surface area contributed by atoms with E-state index in [9.17, 15) is 4.79 Å².